The number of hydrogen-bond donors (Lipinski definition) is 1. The van der Waals surface area contributed by atoms with Crippen LogP contribution < -0.4 is 24.4 Å². The Kier molecular flexibility index (Phi) is 8.04. The third-order valence-corrected chi connectivity index (χ3v) is 8.49. The van der Waals surface area contributed by atoms with Crippen LogP contribution in [0, 0.1) is 0 Å². The van der Waals surface area contributed by atoms with E-state index in [9.17, 15) is 14.7 Å². The first-order valence-corrected chi connectivity index (χ1v) is 15.0. The van der Waals surface area contributed by atoms with Gasteiger partial charge >= 0.3 is 5.97 Å². The number of ether oxygens (including phenoxy) is 3. The van der Waals surface area contributed by atoms with Gasteiger partial charge in [0.25, 0.3) is 5.56 Å². The van der Waals surface area contributed by atoms with E-state index in [1.165, 1.54) is 15.9 Å². The van der Waals surface area contributed by atoms with Crippen molar-refractivity contribution in [3.05, 3.63) is 127 Å². The molecular weight excluding hydrogens is 576 g/mol. The maximum atomic E-state index is 13.8. The van der Waals surface area contributed by atoms with Gasteiger partial charge < -0.3 is 19.3 Å². The number of nitrogens with zero attached hydrogens (tertiary/aromatic N) is 2. The van der Waals surface area contributed by atoms with E-state index in [4.69, 9.17) is 19.2 Å². The van der Waals surface area contributed by atoms with Gasteiger partial charge in [-0.15, -0.1) is 0 Å². The Hall–Kier alpha value is -5.15. The van der Waals surface area contributed by atoms with E-state index < -0.39 is 12.0 Å². The SMILES string of the molecule is CCOC(=O)C1=C(C)n2c(s/c(=C\c3c(O)ccc4ccccc34)c2=O)=N[C@@H]1c1ccc(OCc2ccccc2)c(OC)c1. The van der Waals surface area contributed by atoms with E-state index in [0.29, 0.717) is 44.3 Å². The van der Waals surface area contributed by atoms with Crippen molar-refractivity contribution < 1.29 is 24.1 Å². The van der Waals surface area contributed by atoms with Crippen molar-refractivity contribution in [2.75, 3.05) is 13.7 Å². The minimum Gasteiger partial charge on any atom is -0.507 e. The van der Waals surface area contributed by atoms with E-state index in [0.717, 1.165) is 16.3 Å². The predicted octanol–water partition coefficient (Wildman–Crippen LogP) is 5.35. The summed E-state index contributed by atoms with van der Waals surface area (Å²) in [6, 6.07) is 25.6. The summed E-state index contributed by atoms with van der Waals surface area (Å²) in [5.74, 6) is 0.553. The van der Waals surface area contributed by atoms with Crippen molar-refractivity contribution in [2.45, 2.75) is 26.5 Å². The molecular formula is C35H30N2O6S. The molecule has 1 aliphatic rings. The third-order valence-electron chi connectivity index (χ3n) is 7.50. The van der Waals surface area contributed by atoms with Crippen LogP contribution in [-0.4, -0.2) is 29.4 Å². The fraction of sp³-hybridized carbons (Fsp3) is 0.171. The van der Waals surface area contributed by atoms with Crippen LogP contribution >= 0.6 is 11.3 Å². The lowest BCUT2D eigenvalue weighted by atomic mass is 9.96. The first-order valence-electron chi connectivity index (χ1n) is 14.1. The van der Waals surface area contributed by atoms with Crippen molar-refractivity contribution in [1.29, 1.82) is 0 Å². The van der Waals surface area contributed by atoms with E-state index in [2.05, 4.69) is 0 Å². The molecule has 0 saturated heterocycles. The number of carbonyl (C=O) groups excluding carboxylic acids is 1. The highest BCUT2D eigenvalue weighted by Gasteiger charge is 2.32. The van der Waals surface area contributed by atoms with E-state index in [-0.39, 0.29) is 23.5 Å². The molecule has 0 spiro atoms. The number of allylic oxidation sites excluding steroid dienone is 1. The number of aromatic hydroxyl groups is 1. The fourth-order valence-electron chi connectivity index (χ4n) is 5.33. The van der Waals surface area contributed by atoms with Crippen LogP contribution in [-0.2, 0) is 16.1 Å². The highest BCUT2D eigenvalue weighted by molar-refractivity contribution is 7.07. The Morgan fingerprint density at radius 1 is 1.02 bits per heavy atom. The van der Waals surface area contributed by atoms with Gasteiger partial charge in [-0.05, 0) is 60.0 Å². The van der Waals surface area contributed by atoms with Crippen LogP contribution in [0.4, 0.5) is 0 Å². The highest BCUT2D eigenvalue weighted by atomic mass is 32.1. The van der Waals surface area contributed by atoms with Gasteiger partial charge in [-0.1, -0.05) is 78.1 Å². The number of rotatable bonds is 8. The minimum atomic E-state index is -0.747. The van der Waals surface area contributed by atoms with Crippen LogP contribution in [0.2, 0.25) is 0 Å². The quantitative estimate of drug-likeness (QED) is 0.239. The van der Waals surface area contributed by atoms with Gasteiger partial charge in [0, 0.05) is 11.3 Å². The molecule has 0 saturated carbocycles. The molecule has 1 atom stereocenters. The summed E-state index contributed by atoms with van der Waals surface area (Å²) in [6.45, 7) is 3.99. The van der Waals surface area contributed by atoms with Gasteiger partial charge in [0.15, 0.2) is 16.3 Å². The second kappa shape index (κ2) is 12.2. The van der Waals surface area contributed by atoms with Gasteiger partial charge in [-0.2, -0.15) is 0 Å². The molecule has 1 aromatic heterocycles. The summed E-state index contributed by atoms with van der Waals surface area (Å²) in [4.78, 5) is 32.4. The molecule has 9 heteroatoms. The number of methoxy groups -OCH3 is 1. The van der Waals surface area contributed by atoms with Crippen LogP contribution in [0.5, 0.6) is 17.2 Å². The molecule has 0 radical (unpaired) electrons. The number of hydrogen-bond acceptors (Lipinski definition) is 8. The average molecular weight is 607 g/mol. The fourth-order valence-corrected chi connectivity index (χ4v) is 6.36. The number of phenols is 1. The molecule has 0 amide bonds. The molecule has 0 aliphatic carbocycles. The highest BCUT2D eigenvalue weighted by Crippen LogP contribution is 2.37. The number of fused-ring (bicyclic) bond motifs is 2. The molecule has 2 heterocycles. The van der Waals surface area contributed by atoms with Gasteiger partial charge in [-0.25, -0.2) is 9.79 Å². The monoisotopic (exact) mass is 606 g/mol. The van der Waals surface area contributed by atoms with Crippen LogP contribution in [0.25, 0.3) is 22.5 Å². The van der Waals surface area contributed by atoms with Gasteiger partial charge in [-0.3, -0.25) is 9.36 Å². The zero-order valence-corrected chi connectivity index (χ0v) is 25.3. The van der Waals surface area contributed by atoms with Crippen LogP contribution in [0.3, 0.4) is 0 Å². The molecule has 8 nitrogen and oxygen atoms in total. The first-order chi connectivity index (χ1) is 21.4. The van der Waals surface area contributed by atoms with Crippen LogP contribution in [0.1, 0.15) is 36.6 Å². The summed E-state index contributed by atoms with van der Waals surface area (Å²) in [6.07, 6.45) is 1.68. The second-order valence-corrected chi connectivity index (χ2v) is 11.2. The number of carbonyl (C=O) groups is 1. The number of benzene rings is 4. The van der Waals surface area contributed by atoms with Crippen molar-refractivity contribution >= 4 is 39.9 Å². The second-order valence-electron chi connectivity index (χ2n) is 10.2. The lowest BCUT2D eigenvalue weighted by molar-refractivity contribution is -0.138. The smallest absolute Gasteiger partial charge is 0.338 e. The molecule has 1 N–H and O–H groups in total. The summed E-state index contributed by atoms with van der Waals surface area (Å²) >= 11 is 1.20. The van der Waals surface area contributed by atoms with Crippen molar-refractivity contribution in [3.8, 4) is 17.2 Å². The van der Waals surface area contributed by atoms with Gasteiger partial charge in [0.05, 0.1) is 23.8 Å². The summed E-state index contributed by atoms with van der Waals surface area (Å²) in [7, 11) is 1.56. The van der Waals surface area contributed by atoms with Crippen LogP contribution in [0.15, 0.2) is 100 Å². The molecule has 4 aromatic carbocycles. The number of phenolic OH excluding ortho intramolecular Hbond substituents is 1. The van der Waals surface area contributed by atoms with Gasteiger partial charge in [0.1, 0.15) is 18.4 Å². The van der Waals surface area contributed by atoms with E-state index in [1.54, 1.807) is 45.2 Å². The molecule has 0 fully saturated rings. The molecule has 0 unspecified atom stereocenters. The summed E-state index contributed by atoms with van der Waals surface area (Å²) in [5, 5.41) is 12.5. The maximum absolute atomic E-state index is 13.8. The zero-order chi connectivity index (χ0) is 30.8. The van der Waals surface area contributed by atoms with Crippen molar-refractivity contribution in [3.63, 3.8) is 0 Å². The average Bonchev–Trinajstić information content (AvgIpc) is 3.36. The minimum absolute atomic E-state index is 0.0652. The topological polar surface area (TPSA) is 99.4 Å². The Balaban J connectivity index is 1.47. The number of esters is 1. The number of aromatic nitrogens is 1. The molecule has 0 bridgehead atoms. The van der Waals surface area contributed by atoms with E-state index >= 15 is 0 Å². The Morgan fingerprint density at radius 2 is 1.80 bits per heavy atom. The normalized spacial score (nSPS) is 14.7. The Bertz CT molecular complexity index is 2100. The molecule has 1 aliphatic heterocycles. The summed E-state index contributed by atoms with van der Waals surface area (Å²) < 4.78 is 18.9. The maximum Gasteiger partial charge on any atom is 0.338 e. The van der Waals surface area contributed by atoms with E-state index in [1.807, 2.05) is 66.7 Å². The Morgan fingerprint density at radius 3 is 2.57 bits per heavy atom. The van der Waals surface area contributed by atoms with Gasteiger partial charge in [0.2, 0.25) is 0 Å². The first kappa shape index (κ1) is 28.9. The standard InChI is InChI=1S/C35H30N2O6S/c1-4-42-34(40)31-21(2)37-33(39)30(19-26-25-13-9-8-12-23(25)14-16-27(26)38)44-35(37)36-32(31)24-15-17-28(29(18-24)41-3)43-20-22-10-6-5-7-11-22/h5-19,32,38H,4,20H2,1-3H3/b30-19-/t32-/m1/s1. The third kappa shape index (κ3) is 5.38. The largest absolute Gasteiger partial charge is 0.507 e. The summed E-state index contributed by atoms with van der Waals surface area (Å²) in [5.41, 5.74) is 2.61. The molecule has 222 valence electrons. The molecule has 44 heavy (non-hydrogen) atoms. The predicted molar refractivity (Wildman–Crippen MR) is 171 cm³/mol. The Labute approximate surface area is 257 Å². The number of thiazole rings is 1. The lowest BCUT2D eigenvalue weighted by Crippen LogP contribution is -2.35. The lowest BCUT2D eigenvalue weighted by Gasteiger charge is -2.23. The molecule has 5 aromatic rings. The van der Waals surface area contributed by atoms with Crippen molar-refractivity contribution in [2.24, 2.45) is 4.99 Å². The molecule has 6 rings (SSSR count). The van der Waals surface area contributed by atoms with Crippen molar-refractivity contribution in [1.82, 2.24) is 4.57 Å². The zero-order valence-electron chi connectivity index (χ0n) is 24.4.